The van der Waals surface area contributed by atoms with Crippen LogP contribution in [0, 0.1) is 10.1 Å². The number of carbonyl (C=O) groups is 1. The van der Waals surface area contributed by atoms with Gasteiger partial charge in [-0.25, -0.2) is 4.98 Å². The van der Waals surface area contributed by atoms with Crippen LogP contribution in [-0.2, 0) is 0 Å². The molecule has 0 aliphatic heterocycles. The van der Waals surface area contributed by atoms with Crippen LogP contribution < -0.4 is 5.32 Å². The summed E-state index contributed by atoms with van der Waals surface area (Å²) < 4.78 is 4.48. The first-order valence-electron chi connectivity index (χ1n) is 4.60. The minimum absolute atomic E-state index is 0.0222. The minimum atomic E-state index is -0.679. The zero-order valence-electron chi connectivity index (χ0n) is 8.66. The molecule has 0 aliphatic rings. The highest BCUT2D eigenvalue weighted by atomic mass is 35.5. The van der Waals surface area contributed by atoms with E-state index in [4.69, 9.17) is 11.6 Å². The number of anilines is 1. The van der Waals surface area contributed by atoms with Gasteiger partial charge >= 0.3 is 5.69 Å². The van der Waals surface area contributed by atoms with Gasteiger partial charge in [-0.2, -0.15) is 0 Å². The van der Waals surface area contributed by atoms with Crippen molar-refractivity contribution in [2.45, 2.75) is 0 Å². The molecule has 0 aliphatic carbocycles. The molecule has 2 heterocycles. The van der Waals surface area contributed by atoms with Crippen molar-refractivity contribution in [2.75, 3.05) is 5.32 Å². The first kappa shape index (κ1) is 12.0. The molecule has 8 nitrogen and oxygen atoms in total. The molecule has 2 aromatic heterocycles. The molecule has 9 heteroatoms. The van der Waals surface area contributed by atoms with E-state index in [1.807, 2.05) is 0 Å². The van der Waals surface area contributed by atoms with Crippen LogP contribution >= 0.6 is 11.6 Å². The lowest BCUT2D eigenvalue weighted by molar-refractivity contribution is -0.384. The van der Waals surface area contributed by atoms with Gasteiger partial charge in [0.2, 0.25) is 5.82 Å². The number of carbonyl (C=O) groups excluding carboxylic acids is 1. The second kappa shape index (κ2) is 4.80. The Kier molecular flexibility index (Phi) is 3.20. The minimum Gasteiger partial charge on any atom is -0.364 e. The average Bonchev–Trinajstić information content (AvgIpc) is 2.81. The van der Waals surface area contributed by atoms with Gasteiger partial charge in [0.25, 0.3) is 5.91 Å². The van der Waals surface area contributed by atoms with Crippen molar-refractivity contribution in [2.24, 2.45) is 0 Å². The molecule has 0 unspecified atom stereocenters. The van der Waals surface area contributed by atoms with Gasteiger partial charge in [0.15, 0.2) is 5.69 Å². The van der Waals surface area contributed by atoms with Gasteiger partial charge in [-0.1, -0.05) is 16.8 Å². The summed E-state index contributed by atoms with van der Waals surface area (Å²) in [4.78, 5) is 25.4. The molecule has 0 bridgehead atoms. The highest BCUT2D eigenvalue weighted by Crippen LogP contribution is 2.24. The third-order valence-corrected chi connectivity index (χ3v) is 2.15. The fraction of sp³-hybridized carbons (Fsp3) is 0. The molecule has 2 aromatic rings. The molecule has 0 saturated heterocycles. The van der Waals surface area contributed by atoms with Crippen molar-refractivity contribution >= 4 is 29.0 Å². The molecule has 1 amide bonds. The summed E-state index contributed by atoms with van der Waals surface area (Å²) in [5.41, 5.74) is -0.387. The Hall–Kier alpha value is -2.48. The van der Waals surface area contributed by atoms with Crippen LogP contribution in [0.2, 0.25) is 5.15 Å². The summed E-state index contributed by atoms with van der Waals surface area (Å²) in [6, 6.07) is 3.71. The first-order valence-corrected chi connectivity index (χ1v) is 4.98. The molecule has 0 saturated carbocycles. The van der Waals surface area contributed by atoms with Crippen LogP contribution in [0.5, 0.6) is 0 Å². The van der Waals surface area contributed by atoms with Crippen LogP contribution in [-0.4, -0.2) is 21.0 Å². The average molecular weight is 269 g/mol. The summed E-state index contributed by atoms with van der Waals surface area (Å²) in [6.07, 6.45) is 1.20. The van der Waals surface area contributed by atoms with Crippen molar-refractivity contribution in [3.63, 3.8) is 0 Å². The smallest absolute Gasteiger partial charge is 0.311 e. The molecule has 0 fully saturated rings. The van der Waals surface area contributed by atoms with E-state index < -0.39 is 10.8 Å². The molecule has 2 rings (SSSR count). The summed E-state index contributed by atoms with van der Waals surface area (Å²) in [7, 11) is 0. The van der Waals surface area contributed by atoms with Crippen LogP contribution in [0.15, 0.2) is 29.0 Å². The number of amides is 1. The summed E-state index contributed by atoms with van der Waals surface area (Å²) in [5, 5.41) is 16.4. The number of nitro groups is 1. The van der Waals surface area contributed by atoms with Gasteiger partial charge in [0.05, 0.1) is 4.92 Å². The predicted octanol–water partition coefficient (Wildman–Crippen LogP) is 1.88. The van der Waals surface area contributed by atoms with Crippen LogP contribution in [0.25, 0.3) is 0 Å². The number of pyridine rings is 1. The van der Waals surface area contributed by atoms with Crippen molar-refractivity contribution < 1.29 is 14.2 Å². The maximum Gasteiger partial charge on any atom is 0.311 e. The topological polar surface area (TPSA) is 111 Å². The Bertz CT molecular complexity index is 599. The molecule has 0 atom stereocenters. The number of rotatable bonds is 3. The van der Waals surface area contributed by atoms with Gasteiger partial charge in [0, 0.05) is 12.1 Å². The van der Waals surface area contributed by atoms with E-state index in [1.165, 1.54) is 18.4 Å². The molecule has 0 spiro atoms. The van der Waals surface area contributed by atoms with Gasteiger partial charge < -0.3 is 4.52 Å². The first-order chi connectivity index (χ1) is 8.58. The Morgan fingerprint density at radius 2 is 2.22 bits per heavy atom. The second-order valence-electron chi connectivity index (χ2n) is 3.10. The van der Waals surface area contributed by atoms with E-state index in [2.05, 4.69) is 20.0 Å². The molecule has 0 radical (unpaired) electrons. The predicted molar refractivity (Wildman–Crippen MR) is 60.4 cm³/mol. The van der Waals surface area contributed by atoms with Gasteiger partial charge in [0.1, 0.15) is 11.4 Å². The Labute approximate surface area is 105 Å². The fourth-order valence-electron chi connectivity index (χ4n) is 1.17. The monoisotopic (exact) mass is 268 g/mol. The number of nitrogens with one attached hydrogen (secondary N) is 1. The van der Waals surface area contributed by atoms with Gasteiger partial charge in [-0.3, -0.25) is 20.2 Å². The van der Waals surface area contributed by atoms with Crippen LogP contribution in [0.3, 0.4) is 0 Å². The van der Waals surface area contributed by atoms with E-state index in [9.17, 15) is 14.9 Å². The lowest BCUT2D eigenvalue weighted by Crippen LogP contribution is -2.14. The molecule has 1 N–H and O–H groups in total. The second-order valence-corrected chi connectivity index (χ2v) is 3.48. The fourth-order valence-corrected chi connectivity index (χ4v) is 1.32. The highest BCUT2D eigenvalue weighted by molar-refractivity contribution is 6.29. The molecule has 0 aromatic carbocycles. The Morgan fingerprint density at radius 1 is 1.44 bits per heavy atom. The van der Waals surface area contributed by atoms with E-state index in [0.717, 1.165) is 6.07 Å². The molecule has 92 valence electrons. The lowest BCUT2D eigenvalue weighted by Gasteiger charge is -2.03. The number of aromatic nitrogens is 2. The van der Waals surface area contributed by atoms with Crippen molar-refractivity contribution in [1.82, 2.24) is 10.1 Å². The van der Waals surface area contributed by atoms with Crippen LogP contribution in [0.4, 0.5) is 11.5 Å². The highest BCUT2D eigenvalue weighted by Gasteiger charge is 2.19. The largest absolute Gasteiger partial charge is 0.364 e. The summed E-state index contributed by atoms with van der Waals surface area (Å²) in [5.74, 6) is -0.929. The van der Waals surface area contributed by atoms with E-state index in [1.54, 1.807) is 0 Å². The number of hydrogen-bond acceptors (Lipinski definition) is 6. The van der Waals surface area contributed by atoms with Crippen LogP contribution in [0.1, 0.15) is 10.5 Å². The van der Waals surface area contributed by atoms with Gasteiger partial charge in [-0.15, -0.1) is 0 Å². The van der Waals surface area contributed by atoms with E-state index in [0.29, 0.717) is 0 Å². The molecule has 18 heavy (non-hydrogen) atoms. The quantitative estimate of drug-likeness (QED) is 0.517. The zero-order chi connectivity index (χ0) is 13.1. The van der Waals surface area contributed by atoms with Crippen molar-refractivity contribution in [1.29, 1.82) is 0 Å². The number of nitrogens with zero attached hydrogens (tertiary/aromatic N) is 3. The standard InChI is InChI=1S/C9H5ClN4O4/c10-7-2-1-6(14(16)17)8(11-7)12-9(15)5-3-4-18-13-5/h1-4H,(H,11,12,15). The van der Waals surface area contributed by atoms with Crippen molar-refractivity contribution in [3.05, 3.63) is 45.4 Å². The number of hydrogen-bond donors (Lipinski definition) is 1. The van der Waals surface area contributed by atoms with Gasteiger partial charge in [-0.05, 0) is 6.07 Å². The summed E-state index contributed by atoms with van der Waals surface area (Å²) >= 11 is 5.61. The maximum atomic E-state index is 11.6. The van der Waals surface area contributed by atoms with Crippen molar-refractivity contribution in [3.8, 4) is 0 Å². The molecular weight excluding hydrogens is 264 g/mol. The van der Waals surface area contributed by atoms with E-state index in [-0.39, 0.29) is 22.4 Å². The third-order valence-electron chi connectivity index (χ3n) is 1.94. The zero-order valence-corrected chi connectivity index (χ0v) is 9.42. The van der Waals surface area contributed by atoms with E-state index >= 15 is 0 Å². The summed E-state index contributed by atoms with van der Waals surface area (Å²) in [6.45, 7) is 0. The maximum absolute atomic E-state index is 11.6. The SMILES string of the molecule is O=C(Nc1nc(Cl)ccc1[N+](=O)[O-])c1ccon1. The normalized spacial score (nSPS) is 10.1. The third kappa shape index (κ3) is 2.43. The Balaban J connectivity index is 2.31. The Morgan fingerprint density at radius 3 is 2.83 bits per heavy atom. The lowest BCUT2D eigenvalue weighted by atomic mass is 10.3. The number of halogens is 1. The molecular formula is C9H5ClN4O4.